The largest absolute Gasteiger partial charge is 0.467 e. The van der Waals surface area contributed by atoms with E-state index in [1.165, 1.54) is 6.33 Å². The summed E-state index contributed by atoms with van der Waals surface area (Å²) >= 11 is 0. The molecule has 0 N–H and O–H groups in total. The molecule has 3 aromatic rings. The lowest BCUT2D eigenvalue weighted by Gasteiger charge is -2.35. The van der Waals surface area contributed by atoms with Gasteiger partial charge in [-0.05, 0) is 26.0 Å². The van der Waals surface area contributed by atoms with Crippen LogP contribution in [0.4, 0.5) is 0 Å². The van der Waals surface area contributed by atoms with E-state index in [1.54, 1.807) is 15.8 Å². The van der Waals surface area contributed by atoms with Gasteiger partial charge in [0.2, 0.25) is 5.88 Å². The van der Waals surface area contributed by atoms with Gasteiger partial charge in [-0.25, -0.2) is 14.6 Å². The van der Waals surface area contributed by atoms with Crippen LogP contribution in [0.3, 0.4) is 0 Å². The second kappa shape index (κ2) is 7.32. The molecule has 2 aromatic heterocycles. The summed E-state index contributed by atoms with van der Waals surface area (Å²) in [6.07, 6.45) is 3.11. The van der Waals surface area contributed by atoms with Crippen molar-refractivity contribution in [2.75, 3.05) is 19.7 Å². The summed E-state index contributed by atoms with van der Waals surface area (Å²) in [6.45, 7) is 4.98. The van der Waals surface area contributed by atoms with Gasteiger partial charge >= 0.3 is 0 Å². The lowest BCUT2D eigenvalue weighted by molar-refractivity contribution is -0.145. The minimum Gasteiger partial charge on any atom is -0.467 e. The van der Waals surface area contributed by atoms with Gasteiger partial charge in [0.25, 0.3) is 5.91 Å². The molecule has 0 bridgehead atoms. The standard InChI is InChI=1S/C19H21N5O3/c1-13-9-23(10-14(2)27-13)17(25)11-26-19-16-8-22-24(18(16)20-12-21-19)15-6-4-3-5-7-15/h3-8,12-14H,9-11H2,1-2H3/t13-,14-/m1/s1. The van der Waals surface area contributed by atoms with E-state index in [1.807, 2.05) is 44.2 Å². The van der Waals surface area contributed by atoms with Crippen molar-refractivity contribution in [2.24, 2.45) is 0 Å². The number of rotatable bonds is 4. The molecule has 8 heteroatoms. The zero-order chi connectivity index (χ0) is 18.8. The van der Waals surface area contributed by atoms with Crippen molar-refractivity contribution in [2.45, 2.75) is 26.1 Å². The predicted molar refractivity (Wildman–Crippen MR) is 98.7 cm³/mol. The van der Waals surface area contributed by atoms with Crippen LogP contribution >= 0.6 is 0 Å². The summed E-state index contributed by atoms with van der Waals surface area (Å²) in [4.78, 5) is 22.8. The van der Waals surface area contributed by atoms with Gasteiger partial charge in [0.05, 0.1) is 24.1 Å². The Morgan fingerprint density at radius 2 is 1.93 bits per heavy atom. The molecule has 0 unspecified atom stereocenters. The predicted octanol–water partition coefficient (Wildman–Crippen LogP) is 1.83. The van der Waals surface area contributed by atoms with Crippen LogP contribution in [-0.2, 0) is 9.53 Å². The Bertz CT molecular complexity index is 933. The average Bonchev–Trinajstić information content (AvgIpc) is 3.10. The molecule has 1 saturated heterocycles. The normalized spacial score (nSPS) is 20.0. The van der Waals surface area contributed by atoms with E-state index in [2.05, 4.69) is 15.1 Å². The molecule has 1 aliphatic heterocycles. The van der Waals surface area contributed by atoms with E-state index < -0.39 is 0 Å². The summed E-state index contributed by atoms with van der Waals surface area (Å²) in [5.74, 6) is 0.268. The number of carbonyl (C=O) groups excluding carboxylic acids is 1. The van der Waals surface area contributed by atoms with Crippen LogP contribution in [0.15, 0.2) is 42.9 Å². The van der Waals surface area contributed by atoms with E-state index in [0.29, 0.717) is 30.0 Å². The van der Waals surface area contributed by atoms with E-state index >= 15 is 0 Å². The minimum absolute atomic E-state index is 0.0209. The number of nitrogens with zero attached hydrogens (tertiary/aromatic N) is 5. The number of ether oxygens (including phenoxy) is 2. The molecule has 140 valence electrons. The molecule has 1 fully saturated rings. The highest BCUT2D eigenvalue weighted by molar-refractivity contribution is 5.82. The lowest BCUT2D eigenvalue weighted by Crippen LogP contribution is -2.49. The number of benzene rings is 1. The highest BCUT2D eigenvalue weighted by atomic mass is 16.5. The second-order valence-corrected chi connectivity index (χ2v) is 6.65. The Morgan fingerprint density at radius 1 is 1.19 bits per heavy atom. The maximum absolute atomic E-state index is 12.5. The molecule has 0 spiro atoms. The Balaban J connectivity index is 1.51. The molecule has 0 radical (unpaired) electrons. The average molecular weight is 367 g/mol. The molecule has 4 rings (SSSR count). The fourth-order valence-electron chi connectivity index (χ4n) is 3.30. The van der Waals surface area contributed by atoms with Gasteiger partial charge in [-0.3, -0.25) is 4.79 Å². The van der Waals surface area contributed by atoms with Gasteiger partial charge in [0, 0.05) is 13.1 Å². The van der Waals surface area contributed by atoms with Gasteiger partial charge in [-0.2, -0.15) is 5.10 Å². The molecule has 0 aliphatic carbocycles. The lowest BCUT2D eigenvalue weighted by atomic mass is 10.2. The molecule has 3 heterocycles. The number of hydrogen-bond acceptors (Lipinski definition) is 6. The molecule has 2 atom stereocenters. The first-order valence-electron chi connectivity index (χ1n) is 8.92. The summed E-state index contributed by atoms with van der Waals surface area (Å²) in [5, 5.41) is 5.05. The zero-order valence-electron chi connectivity index (χ0n) is 15.3. The number of hydrogen-bond donors (Lipinski definition) is 0. The van der Waals surface area contributed by atoms with Crippen LogP contribution in [0.2, 0.25) is 0 Å². The van der Waals surface area contributed by atoms with Crippen molar-refractivity contribution in [3.63, 3.8) is 0 Å². The van der Waals surface area contributed by atoms with Crippen molar-refractivity contribution in [3.8, 4) is 11.6 Å². The molecule has 1 aliphatic rings. The zero-order valence-corrected chi connectivity index (χ0v) is 15.3. The Labute approximate surface area is 156 Å². The van der Waals surface area contributed by atoms with E-state index in [0.717, 1.165) is 5.69 Å². The maximum Gasteiger partial charge on any atom is 0.260 e. The van der Waals surface area contributed by atoms with Crippen molar-refractivity contribution < 1.29 is 14.3 Å². The smallest absolute Gasteiger partial charge is 0.260 e. The fourth-order valence-corrected chi connectivity index (χ4v) is 3.30. The van der Waals surface area contributed by atoms with Crippen molar-refractivity contribution in [3.05, 3.63) is 42.9 Å². The van der Waals surface area contributed by atoms with E-state index in [4.69, 9.17) is 9.47 Å². The summed E-state index contributed by atoms with van der Waals surface area (Å²) < 4.78 is 13.1. The van der Waals surface area contributed by atoms with Crippen LogP contribution in [-0.4, -0.2) is 62.5 Å². The van der Waals surface area contributed by atoms with Crippen molar-refractivity contribution >= 4 is 16.9 Å². The van der Waals surface area contributed by atoms with Crippen LogP contribution in [0.1, 0.15) is 13.8 Å². The number of carbonyl (C=O) groups is 1. The topological polar surface area (TPSA) is 82.4 Å². The molecule has 8 nitrogen and oxygen atoms in total. The third-order valence-electron chi connectivity index (χ3n) is 4.43. The SMILES string of the molecule is C[C@@H]1CN(C(=O)COc2ncnc3c2cnn3-c2ccccc2)C[C@@H](C)O1. The number of para-hydroxylation sites is 1. The number of morpholine rings is 1. The number of amides is 1. The number of fused-ring (bicyclic) bond motifs is 1. The molecule has 0 saturated carbocycles. The van der Waals surface area contributed by atoms with Crippen molar-refractivity contribution in [1.29, 1.82) is 0 Å². The summed E-state index contributed by atoms with van der Waals surface area (Å²) in [5.41, 5.74) is 1.52. The summed E-state index contributed by atoms with van der Waals surface area (Å²) in [7, 11) is 0. The fraction of sp³-hybridized carbons (Fsp3) is 0.368. The van der Waals surface area contributed by atoms with Crippen LogP contribution in [0, 0.1) is 0 Å². The minimum atomic E-state index is -0.0841. The van der Waals surface area contributed by atoms with E-state index in [9.17, 15) is 4.79 Å². The Hall–Kier alpha value is -3.00. The maximum atomic E-state index is 12.5. The van der Waals surface area contributed by atoms with Crippen LogP contribution in [0.25, 0.3) is 16.7 Å². The van der Waals surface area contributed by atoms with Gasteiger partial charge in [0.15, 0.2) is 12.3 Å². The van der Waals surface area contributed by atoms with Crippen LogP contribution in [0.5, 0.6) is 5.88 Å². The highest BCUT2D eigenvalue weighted by Crippen LogP contribution is 2.23. The number of aromatic nitrogens is 4. The van der Waals surface area contributed by atoms with E-state index in [-0.39, 0.29) is 24.7 Å². The first-order valence-corrected chi connectivity index (χ1v) is 8.92. The van der Waals surface area contributed by atoms with Gasteiger partial charge in [-0.15, -0.1) is 0 Å². The van der Waals surface area contributed by atoms with Crippen LogP contribution < -0.4 is 4.74 Å². The Morgan fingerprint density at radius 3 is 2.67 bits per heavy atom. The highest BCUT2D eigenvalue weighted by Gasteiger charge is 2.26. The second-order valence-electron chi connectivity index (χ2n) is 6.65. The van der Waals surface area contributed by atoms with Gasteiger partial charge in [-0.1, -0.05) is 18.2 Å². The first-order chi connectivity index (χ1) is 13.1. The Kier molecular flexibility index (Phi) is 4.72. The van der Waals surface area contributed by atoms with Gasteiger partial charge in [0.1, 0.15) is 11.7 Å². The first kappa shape index (κ1) is 17.4. The molecular formula is C19H21N5O3. The summed E-state index contributed by atoms with van der Waals surface area (Å²) in [6, 6.07) is 9.70. The molecule has 1 amide bonds. The third kappa shape index (κ3) is 3.61. The third-order valence-corrected chi connectivity index (χ3v) is 4.43. The van der Waals surface area contributed by atoms with Gasteiger partial charge < -0.3 is 14.4 Å². The monoisotopic (exact) mass is 367 g/mol. The van der Waals surface area contributed by atoms with Crippen molar-refractivity contribution in [1.82, 2.24) is 24.6 Å². The molecule has 1 aromatic carbocycles. The molecular weight excluding hydrogens is 346 g/mol. The quantitative estimate of drug-likeness (QED) is 0.700. The molecule has 27 heavy (non-hydrogen) atoms.